The molecule has 1 amide bonds. The van der Waals surface area contributed by atoms with Crippen LogP contribution in [0.5, 0.6) is 0 Å². The van der Waals surface area contributed by atoms with Gasteiger partial charge in [0.2, 0.25) is 5.91 Å². The first-order chi connectivity index (χ1) is 15.7. The monoisotopic (exact) mass is 433 g/mol. The van der Waals surface area contributed by atoms with Gasteiger partial charge in [-0.05, 0) is 49.9 Å². The molecule has 1 fully saturated rings. The van der Waals surface area contributed by atoms with Crippen molar-refractivity contribution in [1.29, 1.82) is 0 Å². The first kappa shape index (κ1) is 20.9. The van der Waals surface area contributed by atoms with E-state index in [2.05, 4.69) is 10.6 Å². The van der Waals surface area contributed by atoms with Gasteiger partial charge in [-0.15, -0.1) is 0 Å². The van der Waals surface area contributed by atoms with E-state index in [-0.39, 0.29) is 24.3 Å². The van der Waals surface area contributed by atoms with E-state index in [0.717, 1.165) is 48.3 Å². The Morgan fingerprint density at radius 1 is 1.03 bits per heavy atom. The van der Waals surface area contributed by atoms with Crippen LogP contribution < -0.4 is 15.5 Å². The second kappa shape index (κ2) is 9.23. The van der Waals surface area contributed by atoms with Crippen LogP contribution in [-0.4, -0.2) is 24.3 Å². The summed E-state index contributed by atoms with van der Waals surface area (Å²) in [6.45, 7) is 0.171. The molecule has 6 heteroatoms. The molecule has 2 N–H and O–H groups in total. The van der Waals surface area contributed by atoms with E-state index in [1.54, 1.807) is 6.26 Å². The lowest BCUT2D eigenvalue weighted by atomic mass is 9.88. The van der Waals surface area contributed by atoms with E-state index in [0.29, 0.717) is 12.2 Å². The van der Waals surface area contributed by atoms with E-state index < -0.39 is 6.04 Å². The summed E-state index contributed by atoms with van der Waals surface area (Å²) in [5.41, 5.74) is 3.50. The molecule has 0 bridgehead atoms. The Kier molecular flexibility index (Phi) is 6.02. The minimum Gasteiger partial charge on any atom is -0.467 e. The Balaban J connectivity index is 1.52. The highest BCUT2D eigenvalue weighted by molar-refractivity contribution is 6.01. The fourth-order valence-electron chi connectivity index (χ4n) is 5.37. The molecule has 0 radical (unpaired) electrons. The molecular weight excluding hydrogens is 402 g/mol. The van der Waals surface area contributed by atoms with Crippen LogP contribution >= 0.6 is 0 Å². The van der Waals surface area contributed by atoms with Gasteiger partial charge in [-0.1, -0.05) is 37.8 Å². The van der Waals surface area contributed by atoms with Crippen molar-refractivity contribution in [2.24, 2.45) is 0 Å². The van der Waals surface area contributed by atoms with Gasteiger partial charge < -0.3 is 20.0 Å². The SMILES string of the molecule is O=C(CN1c2ccccc2NC2=C(C(=O)CCC2)C1c1ccco1)NC1CCCCCC1. The van der Waals surface area contributed by atoms with Gasteiger partial charge in [-0.3, -0.25) is 9.59 Å². The van der Waals surface area contributed by atoms with Crippen LogP contribution in [0.1, 0.15) is 69.6 Å². The minimum atomic E-state index is -0.427. The van der Waals surface area contributed by atoms with Gasteiger partial charge in [-0.25, -0.2) is 0 Å². The number of furan rings is 1. The summed E-state index contributed by atoms with van der Waals surface area (Å²) < 4.78 is 5.83. The number of anilines is 2. The summed E-state index contributed by atoms with van der Waals surface area (Å²) >= 11 is 0. The maximum atomic E-state index is 13.3. The van der Waals surface area contributed by atoms with Crippen LogP contribution in [0.3, 0.4) is 0 Å². The normalized spacial score (nSPS) is 21.8. The van der Waals surface area contributed by atoms with Crippen LogP contribution in [0.2, 0.25) is 0 Å². The maximum Gasteiger partial charge on any atom is 0.239 e. The third kappa shape index (κ3) is 4.18. The van der Waals surface area contributed by atoms with Gasteiger partial charge in [0.1, 0.15) is 11.8 Å². The van der Waals surface area contributed by atoms with Gasteiger partial charge in [0.05, 0.1) is 24.2 Å². The topological polar surface area (TPSA) is 74.6 Å². The molecule has 1 aliphatic heterocycles. The first-order valence-corrected chi connectivity index (χ1v) is 11.9. The largest absolute Gasteiger partial charge is 0.467 e. The predicted octanol–water partition coefficient (Wildman–Crippen LogP) is 5.10. The Morgan fingerprint density at radius 3 is 2.62 bits per heavy atom. The number of hydrogen-bond donors (Lipinski definition) is 2. The molecule has 0 saturated heterocycles. The number of fused-ring (bicyclic) bond motifs is 1. The lowest BCUT2D eigenvalue weighted by molar-refractivity contribution is -0.121. The number of Topliss-reactive ketones (excluding diaryl/α,β-unsaturated/α-hetero) is 1. The van der Waals surface area contributed by atoms with Crippen LogP contribution in [0.4, 0.5) is 11.4 Å². The lowest BCUT2D eigenvalue weighted by Crippen LogP contribution is -2.44. The Morgan fingerprint density at radius 2 is 1.84 bits per heavy atom. The van der Waals surface area contributed by atoms with Crippen molar-refractivity contribution in [1.82, 2.24) is 5.32 Å². The molecule has 2 aliphatic carbocycles. The standard InChI is InChI=1S/C26H31N3O3/c30-22-14-7-12-20-25(22)26(23-15-8-16-32-23)29(21-13-6-5-11-19(21)28-20)17-24(31)27-18-9-3-1-2-4-10-18/h5-6,8,11,13,15-16,18,26,28H,1-4,7,9-10,12,14,17H2,(H,27,31). The summed E-state index contributed by atoms with van der Waals surface area (Å²) in [7, 11) is 0. The molecule has 1 unspecified atom stereocenters. The Labute approximate surface area is 189 Å². The number of carbonyl (C=O) groups is 2. The molecule has 0 spiro atoms. The fourth-order valence-corrected chi connectivity index (χ4v) is 5.37. The molecule has 6 nitrogen and oxygen atoms in total. The summed E-state index contributed by atoms with van der Waals surface area (Å²) in [5, 5.41) is 6.79. The third-order valence-corrected chi connectivity index (χ3v) is 6.89. The smallest absolute Gasteiger partial charge is 0.239 e. The van der Waals surface area contributed by atoms with Crippen LogP contribution in [0.15, 0.2) is 58.3 Å². The molecule has 3 aliphatic rings. The van der Waals surface area contributed by atoms with E-state index >= 15 is 0 Å². The zero-order valence-corrected chi connectivity index (χ0v) is 18.4. The molecule has 1 aromatic carbocycles. The van der Waals surface area contributed by atoms with Crippen molar-refractivity contribution in [3.63, 3.8) is 0 Å². The molecule has 32 heavy (non-hydrogen) atoms. The number of allylic oxidation sites excluding steroid dienone is 1. The van der Waals surface area contributed by atoms with Gasteiger partial charge in [-0.2, -0.15) is 0 Å². The molecule has 1 atom stereocenters. The molecule has 168 valence electrons. The van der Waals surface area contributed by atoms with Crippen LogP contribution in [0.25, 0.3) is 0 Å². The molecule has 2 aromatic rings. The number of ketones is 1. The molecule has 1 aromatic heterocycles. The van der Waals surface area contributed by atoms with Crippen LogP contribution in [-0.2, 0) is 9.59 Å². The minimum absolute atomic E-state index is 0.00410. The van der Waals surface area contributed by atoms with Crippen LogP contribution in [0, 0.1) is 0 Å². The maximum absolute atomic E-state index is 13.3. The molecule has 5 rings (SSSR count). The average molecular weight is 434 g/mol. The van der Waals surface area contributed by atoms with E-state index in [4.69, 9.17) is 4.42 Å². The fraction of sp³-hybridized carbons (Fsp3) is 0.462. The van der Waals surface area contributed by atoms with Crippen molar-refractivity contribution in [3.05, 3.63) is 59.7 Å². The number of nitrogens with one attached hydrogen (secondary N) is 2. The number of benzene rings is 1. The van der Waals surface area contributed by atoms with Crippen molar-refractivity contribution in [2.75, 3.05) is 16.8 Å². The highest BCUT2D eigenvalue weighted by atomic mass is 16.3. The Bertz CT molecular complexity index is 1000. The Hall–Kier alpha value is -3.02. The van der Waals surface area contributed by atoms with Crippen molar-refractivity contribution >= 4 is 23.1 Å². The summed E-state index contributed by atoms with van der Waals surface area (Å²) in [4.78, 5) is 28.5. The molecule has 1 saturated carbocycles. The third-order valence-electron chi connectivity index (χ3n) is 6.89. The number of amides is 1. The second-order valence-electron chi connectivity index (χ2n) is 9.11. The number of carbonyl (C=O) groups excluding carboxylic acids is 2. The quantitative estimate of drug-likeness (QED) is 0.656. The van der Waals surface area contributed by atoms with Crippen molar-refractivity contribution in [2.45, 2.75) is 69.9 Å². The number of hydrogen-bond acceptors (Lipinski definition) is 5. The van der Waals surface area contributed by atoms with E-state index in [1.807, 2.05) is 41.3 Å². The van der Waals surface area contributed by atoms with Gasteiger partial charge >= 0.3 is 0 Å². The van der Waals surface area contributed by atoms with Crippen molar-refractivity contribution in [3.8, 4) is 0 Å². The zero-order valence-electron chi connectivity index (χ0n) is 18.4. The van der Waals surface area contributed by atoms with E-state index in [1.165, 1.54) is 25.7 Å². The predicted molar refractivity (Wildman–Crippen MR) is 124 cm³/mol. The summed E-state index contributed by atoms with van der Waals surface area (Å²) in [5.74, 6) is 0.811. The zero-order chi connectivity index (χ0) is 21.9. The van der Waals surface area contributed by atoms with Gasteiger partial charge in [0.25, 0.3) is 0 Å². The number of nitrogens with zero attached hydrogens (tertiary/aromatic N) is 1. The number of rotatable bonds is 4. The lowest BCUT2D eigenvalue weighted by Gasteiger charge is -2.33. The number of para-hydroxylation sites is 2. The van der Waals surface area contributed by atoms with Gasteiger partial charge in [0, 0.05) is 23.7 Å². The van der Waals surface area contributed by atoms with Crippen molar-refractivity contribution < 1.29 is 14.0 Å². The second-order valence-corrected chi connectivity index (χ2v) is 9.11. The first-order valence-electron chi connectivity index (χ1n) is 11.9. The summed E-state index contributed by atoms with van der Waals surface area (Å²) in [6.07, 6.45) is 10.7. The van der Waals surface area contributed by atoms with E-state index in [9.17, 15) is 9.59 Å². The summed E-state index contributed by atoms with van der Waals surface area (Å²) in [6, 6.07) is 11.5. The molecule has 2 heterocycles. The highest BCUT2D eigenvalue weighted by Crippen LogP contribution is 2.44. The molecular formula is C26H31N3O3. The average Bonchev–Trinajstić information content (AvgIpc) is 3.13. The highest BCUT2D eigenvalue weighted by Gasteiger charge is 2.39. The van der Waals surface area contributed by atoms with Gasteiger partial charge in [0.15, 0.2) is 5.78 Å².